The van der Waals surface area contributed by atoms with Crippen molar-refractivity contribution in [3.8, 4) is 0 Å². The number of carbonyl (C=O) groups is 1. The summed E-state index contributed by atoms with van der Waals surface area (Å²) in [5.74, 6) is 1.52. The van der Waals surface area contributed by atoms with E-state index in [9.17, 15) is 4.79 Å². The molecule has 70 valence electrons. The van der Waals surface area contributed by atoms with Gasteiger partial charge in [-0.15, -0.1) is 0 Å². The summed E-state index contributed by atoms with van der Waals surface area (Å²) >= 11 is 0. The Morgan fingerprint density at radius 1 is 1.46 bits per heavy atom. The van der Waals surface area contributed by atoms with Crippen LogP contribution in [0.2, 0.25) is 0 Å². The first-order chi connectivity index (χ1) is 6.16. The maximum absolute atomic E-state index is 11.0. The molecule has 0 atom stereocenters. The molecule has 2 rings (SSSR count). The van der Waals surface area contributed by atoms with Crippen molar-refractivity contribution in [1.82, 2.24) is 4.98 Å². The fourth-order valence-electron chi connectivity index (χ4n) is 1.31. The lowest BCUT2D eigenvalue weighted by Gasteiger charge is -2.07. The molecule has 0 unspecified atom stereocenters. The molecular formula is C9H12N2O2. The Hall–Kier alpha value is -1.32. The highest BCUT2D eigenvalue weighted by Crippen LogP contribution is 2.26. The second-order valence-corrected chi connectivity index (χ2v) is 3.53. The number of amides is 1. The van der Waals surface area contributed by atoms with Crippen LogP contribution < -0.4 is 5.32 Å². The van der Waals surface area contributed by atoms with E-state index < -0.39 is 0 Å². The van der Waals surface area contributed by atoms with E-state index in [0.29, 0.717) is 24.6 Å². The van der Waals surface area contributed by atoms with Gasteiger partial charge in [-0.05, 0) is 0 Å². The Bertz CT molecular complexity index is 341. The SMILES string of the molecule is CC(C)c1nc2c(o1)NC(=O)CC2. The Morgan fingerprint density at radius 3 is 2.92 bits per heavy atom. The molecule has 13 heavy (non-hydrogen) atoms. The van der Waals surface area contributed by atoms with Crippen molar-refractivity contribution in [3.05, 3.63) is 11.6 Å². The number of aromatic nitrogens is 1. The maximum Gasteiger partial charge on any atom is 0.227 e. The fourth-order valence-corrected chi connectivity index (χ4v) is 1.31. The number of carbonyl (C=O) groups excluding carboxylic acids is 1. The topological polar surface area (TPSA) is 55.1 Å². The van der Waals surface area contributed by atoms with E-state index in [1.165, 1.54) is 0 Å². The Kier molecular flexibility index (Phi) is 1.83. The average molecular weight is 180 g/mol. The number of nitrogens with one attached hydrogen (secondary N) is 1. The van der Waals surface area contributed by atoms with Gasteiger partial charge in [-0.25, -0.2) is 4.98 Å². The van der Waals surface area contributed by atoms with Crippen LogP contribution in [0.25, 0.3) is 0 Å². The van der Waals surface area contributed by atoms with Gasteiger partial charge in [0.2, 0.25) is 11.8 Å². The average Bonchev–Trinajstić information content (AvgIpc) is 2.46. The Labute approximate surface area is 76.3 Å². The zero-order valence-electron chi connectivity index (χ0n) is 7.76. The van der Waals surface area contributed by atoms with Gasteiger partial charge in [0.1, 0.15) is 5.69 Å². The van der Waals surface area contributed by atoms with Crippen molar-refractivity contribution in [2.75, 3.05) is 5.32 Å². The van der Waals surface area contributed by atoms with Crippen molar-refractivity contribution in [1.29, 1.82) is 0 Å². The van der Waals surface area contributed by atoms with Gasteiger partial charge < -0.3 is 4.42 Å². The fraction of sp³-hybridized carbons (Fsp3) is 0.556. The van der Waals surface area contributed by atoms with E-state index in [-0.39, 0.29) is 11.8 Å². The van der Waals surface area contributed by atoms with Gasteiger partial charge in [0, 0.05) is 18.8 Å². The predicted molar refractivity (Wildman–Crippen MR) is 47.5 cm³/mol. The summed E-state index contributed by atoms with van der Waals surface area (Å²) in [5, 5.41) is 2.67. The first-order valence-corrected chi connectivity index (χ1v) is 4.46. The largest absolute Gasteiger partial charge is 0.424 e. The highest BCUT2D eigenvalue weighted by Gasteiger charge is 2.21. The van der Waals surface area contributed by atoms with Crippen LogP contribution in [0.3, 0.4) is 0 Å². The first-order valence-electron chi connectivity index (χ1n) is 4.46. The molecule has 0 fully saturated rings. The van der Waals surface area contributed by atoms with Crippen LogP contribution in [0.15, 0.2) is 4.42 Å². The molecule has 4 heteroatoms. The monoisotopic (exact) mass is 180 g/mol. The van der Waals surface area contributed by atoms with E-state index in [4.69, 9.17) is 4.42 Å². The molecule has 4 nitrogen and oxygen atoms in total. The molecule has 0 bridgehead atoms. The highest BCUT2D eigenvalue weighted by molar-refractivity contribution is 5.91. The Balaban J connectivity index is 2.33. The summed E-state index contributed by atoms with van der Waals surface area (Å²) in [5.41, 5.74) is 0.878. The van der Waals surface area contributed by atoms with Crippen LogP contribution in [0, 0.1) is 0 Å². The number of hydrogen-bond donors (Lipinski definition) is 1. The van der Waals surface area contributed by atoms with E-state index in [2.05, 4.69) is 10.3 Å². The molecule has 0 aromatic carbocycles. The number of anilines is 1. The van der Waals surface area contributed by atoms with Gasteiger partial charge in [0.15, 0.2) is 5.89 Å². The van der Waals surface area contributed by atoms with Crippen molar-refractivity contribution in [3.63, 3.8) is 0 Å². The smallest absolute Gasteiger partial charge is 0.227 e. The first kappa shape index (κ1) is 8.29. The minimum absolute atomic E-state index is 0.0129. The molecule has 2 heterocycles. The van der Waals surface area contributed by atoms with E-state index >= 15 is 0 Å². The summed E-state index contributed by atoms with van der Waals surface area (Å²) < 4.78 is 5.39. The van der Waals surface area contributed by atoms with Gasteiger partial charge in [0.25, 0.3) is 0 Å². The number of rotatable bonds is 1. The van der Waals surface area contributed by atoms with Crippen LogP contribution in [-0.2, 0) is 11.2 Å². The van der Waals surface area contributed by atoms with Crippen LogP contribution in [0.1, 0.15) is 37.8 Å². The van der Waals surface area contributed by atoms with Gasteiger partial charge in [-0.1, -0.05) is 13.8 Å². The van der Waals surface area contributed by atoms with E-state index in [0.717, 1.165) is 5.69 Å². The molecular weight excluding hydrogens is 168 g/mol. The third-order valence-electron chi connectivity index (χ3n) is 2.05. The van der Waals surface area contributed by atoms with Crippen LogP contribution in [0.4, 0.5) is 5.88 Å². The van der Waals surface area contributed by atoms with Crippen molar-refractivity contribution in [2.45, 2.75) is 32.6 Å². The van der Waals surface area contributed by atoms with Gasteiger partial charge in [-0.2, -0.15) is 0 Å². The van der Waals surface area contributed by atoms with Gasteiger partial charge in [0.05, 0.1) is 0 Å². The number of fused-ring (bicyclic) bond motifs is 1. The van der Waals surface area contributed by atoms with Crippen molar-refractivity contribution < 1.29 is 9.21 Å². The zero-order valence-corrected chi connectivity index (χ0v) is 7.76. The summed E-state index contributed by atoms with van der Waals surface area (Å²) in [6, 6.07) is 0. The number of nitrogens with zero attached hydrogens (tertiary/aromatic N) is 1. The van der Waals surface area contributed by atoms with Gasteiger partial charge in [-0.3, -0.25) is 10.1 Å². The number of aryl methyl sites for hydroxylation is 1. The van der Waals surface area contributed by atoms with Crippen LogP contribution in [0.5, 0.6) is 0 Å². The molecule has 0 saturated heterocycles. The van der Waals surface area contributed by atoms with Gasteiger partial charge >= 0.3 is 0 Å². The molecule has 0 saturated carbocycles. The lowest BCUT2D eigenvalue weighted by Crippen LogP contribution is -2.17. The molecule has 1 aromatic heterocycles. The number of hydrogen-bond acceptors (Lipinski definition) is 3. The minimum atomic E-state index is 0.0129. The Morgan fingerprint density at radius 2 is 2.23 bits per heavy atom. The molecule has 0 radical (unpaired) electrons. The molecule has 0 spiro atoms. The van der Waals surface area contributed by atoms with E-state index in [1.807, 2.05) is 13.8 Å². The lowest BCUT2D eigenvalue weighted by atomic mass is 10.2. The van der Waals surface area contributed by atoms with Crippen LogP contribution in [-0.4, -0.2) is 10.9 Å². The molecule has 0 aliphatic carbocycles. The molecule has 1 amide bonds. The minimum Gasteiger partial charge on any atom is -0.424 e. The third-order valence-corrected chi connectivity index (χ3v) is 2.05. The quantitative estimate of drug-likeness (QED) is 0.715. The predicted octanol–water partition coefficient (Wildman–Crippen LogP) is 1.68. The summed E-state index contributed by atoms with van der Waals surface area (Å²) in [6.07, 6.45) is 1.20. The standard InChI is InChI=1S/C9H12N2O2/c1-5(2)8-10-6-3-4-7(12)11-9(6)13-8/h5H,3-4H2,1-2H3,(H,11,12). The third kappa shape index (κ3) is 1.43. The molecule has 1 aromatic rings. The van der Waals surface area contributed by atoms with Crippen molar-refractivity contribution in [2.24, 2.45) is 0 Å². The summed E-state index contributed by atoms with van der Waals surface area (Å²) in [7, 11) is 0. The maximum atomic E-state index is 11.0. The highest BCUT2D eigenvalue weighted by atomic mass is 16.4. The second-order valence-electron chi connectivity index (χ2n) is 3.53. The zero-order chi connectivity index (χ0) is 9.42. The normalized spacial score (nSPS) is 15.8. The van der Waals surface area contributed by atoms with E-state index in [1.54, 1.807) is 0 Å². The summed E-state index contributed by atoms with van der Waals surface area (Å²) in [4.78, 5) is 15.3. The summed E-state index contributed by atoms with van der Waals surface area (Å²) in [6.45, 7) is 4.03. The molecule has 1 N–H and O–H groups in total. The van der Waals surface area contributed by atoms with Crippen molar-refractivity contribution >= 4 is 11.8 Å². The number of oxazole rings is 1. The second kappa shape index (κ2) is 2.87. The van der Waals surface area contributed by atoms with Crippen LogP contribution >= 0.6 is 0 Å². The molecule has 1 aliphatic heterocycles. The lowest BCUT2D eigenvalue weighted by molar-refractivity contribution is -0.116. The molecule has 1 aliphatic rings.